The Morgan fingerprint density at radius 3 is 2.00 bits per heavy atom. The van der Waals surface area contributed by atoms with Crippen LogP contribution in [0.2, 0.25) is 0 Å². The van der Waals surface area contributed by atoms with Gasteiger partial charge in [0.2, 0.25) is 0 Å². The molecule has 0 heteroatoms. The Morgan fingerprint density at radius 1 is 0.760 bits per heavy atom. The van der Waals surface area contributed by atoms with Crippen LogP contribution in [0.5, 0.6) is 0 Å². The maximum Gasteiger partial charge on any atom is -0.0205 e. The van der Waals surface area contributed by atoms with Crippen molar-refractivity contribution >= 4 is 0 Å². The van der Waals surface area contributed by atoms with E-state index in [2.05, 4.69) is 50.3 Å². The van der Waals surface area contributed by atoms with Crippen LogP contribution in [0.25, 0.3) is 0 Å². The van der Waals surface area contributed by atoms with Gasteiger partial charge in [-0.05, 0) is 86.2 Å². The van der Waals surface area contributed by atoms with Crippen LogP contribution in [0.3, 0.4) is 0 Å². The molecular formula is C25H38. The molecule has 0 heterocycles. The molecular weight excluding hydrogens is 300 g/mol. The first-order chi connectivity index (χ1) is 12.3. The third kappa shape index (κ3) is 5.47. The molecule has 1 aromatic carbocycles. The number of rotatable bonds is 7. The molecule has 0 saturated heterocycles. The highest BCUT2D eigenvalue weighted by molar-refractivity contribution is 5.22. The topological polar surface area (TPSA) is 0 Å². The van der Waals surface area contributed by atoms with E-state index < -0.39 is 0 Å². The zero-order valence-corrected chi connectivity index (χ0v) is 16.6. The summed E-state index contributed by atoms with van der Waals surface area (Å²) in [6, 6.07) is 9.42. The molecule has 25 heavy (non-hydrogen) atoms. The van der Waals surface area contributed by atoms with Crippen molar-refractivity contribution in [3.63, 3.8) is 0 Å². The lowest BCUT2D eigenvalue weighted by Gasteiger charge is -2.35. The summed E-state index contributed by atoms with van der Waals surface area (Å²) in [4.78, 5) is 0. The fourth-order valence-corrected chi connectivity index (χ4v) is 5.07. The average molecular weight is 339 g/mol. The summed E-state index contributed by atoms with van der Waals surface area (Å²) in [5.41, 5.74) is 3.04. The summed E-state index contributed by atoms with van der Waals surface area (Å²) in [6.45, 7) is 4.59. The third-order valence-electron chi connectivity index (χ3n) is 6.93. The molecule has 0 bridgehead atoms. The fraction of sp³-hybridized carbons (Fsp3) is 0.680. The Balaban J connectivity index is 1.39. The average Bonchev–Trinajstić information content (AvgIpc) is 2.68. The van der Waals surface area contributed by atoms with Crippen molar-refractivity contribution < 1.29 is 0 Å². The van der Waals surface area contributed by atoms with Gasteiger partial charge in [-0.3, -0.25) is 0 Å². The lowest BCUT2D eigenvalue weighted by molar-refractivity contribution is 0.206. The van der Waals surface area contributed by atoms with Crippen molar-refractivity contribution in [2.24, 2.45) is 23.7 Å². The SMILES string of the molecule is CCCc1ccc(CCC2CCC(C3C=CC(CC)CC3)CC2)cc1. The molecule has 0 radical (unpaired) electrons. The first-order valence-electron chi connectivity index (χ1n) is 11.0. The van der Waals surface area contributed by atoms with Crippen LogP contribution in [0.1, 0.15) is 82.8 Å². The summed E-state index contributed by atoms with van der Waals surface area (Å²) < 4.78 is 0. The van der Waals surface area contributed by atoms with E-state index in [0.717, 1.165) is 23.7 Å². The molecule has 2 atom stereocenters. The highest BCUT2D eigenvalue weighted by atomic mass is 14.3. The molecule has 1 saturated carbocycles. The summed E-state index contributed by atoms with van der Waals surface area (Å²) in [7, 11) is 0. The summed E-state index contributed by atoms with van der Waals surface area (Å²) in [5.74, 6) is 3.73. The molecule has 0 aromatic heterocycles. The second-order valence-electron chi connectivity index (χ2n) is 8.68. The molecule has 3 rings (SSSR count). The number of aryl methyl sites for hydroxylation is 2. The Bertz CT molecular complexity index is 515. The molecule has 0 nitrogen and oxygen atoms in total. The predicted octanol–water partition coefficient (Wildman–Crippen LogP) is 7.37. The Hall–Kier alpha value is -1.04. The van der Waals surface area contributed by atoms with Crippen LogP contribution in [-0.2, 0) is 12.8 Å². The first kappa shape index (κ1) is 18.7. The predicted molar refractivity (Wildman–Crippen MR) is 110 cm³/mol. The van der Waals surface area contributed by atoms with Crippen molar-refractivity contribution in [1.82, 2.24) is 0 Å². The van der Waals surface area contributed by atoms with Gasteiger partial charge >= 0.3 is 0 Å². The van der Waals surface area contributed by atoms with Gasteiger partial charge in [-0.1, -0.05) is 69.5 Å². The highest BCUT2D eigenvalue weighted by Crippen LogP contribution is 2.40. The van der Waals surface area contributed by atoms with Crippen LogP contribution in [-0.4, -0.2) is 0 Å². The van der Waals surface area contributed by atoms with E-state index in [-0.39, 0.29) is 0 Å². The molecule has 1 fully saturated rings. The number of allylic oxidation sites excluding steroid dienone is 2. The minimum absolute atomic E-state index is 0.872. The van der Waals surface area contributed by atoms with Crippen LogP contribution in [0.4, 0.5) is 0 Å². The molecule has 0 spiro atoms. The van der Waals surface area contributed by atoms with Gasteiger partial charge in [0.05, 0.1) is 0 Å². The summed E-state index contributed by atoms with van der Waals surface area (Å²) in [6.07, 6.45) is 20.4. The van der Waals surface area contributed by atoms with E-state index in [1.165, 1.54) is 76.2 Å². The smallest absolute Gasteiger partial charge is 0.0205 e. The monoisotopic (exact) mass is 338 g/mol. The lowest BCUT2D eigenvalue weighted by atomic mass is 9.71. The normalized spacial score (nSPS) is 29.7. The van der Waals surface area contributed by atoms with Crippen LogP contribution < -0.4 is 0 Å². The molecule has 2 aliphatic rings. The second-order valence-corrected chi connectivity index (χ2v) is 8.68. The van der Waals surface area contributed by atoms with Crippen LogP contribution in [0.15, 0.2) is 36.4 Å². The molecule has 0 amide bonds. The Labute approximate surface area is 156 Å². The molecule has 0 N–H and O–H groups in total. The van der Waals surface area contributed by atoms with Gasteiger partial charge in [0, 0.05) is 0 Å². The standard InChI is InChI=1S/C25H38/c1-3-5-21-6-8-22(9-7-21)10-11-23-14-18-25(19-15-23)24-16-12-20(4-2)13-17-24/h6-9,12,16,20,23-25H,3-5,10-11,13-15,17-19H2,1-2H3. The second kappa shape index (κ2) is 9.60. The van der Waals surface area contributed by atoms with Gasteiger partial charge in [-0.2, -0.15) is 0 Å². The van der Waals surface area contributed by atoms with E-state index in [1.54, 1.807) is 5.56 Å². The minimum Gasteiger partial charge on any atom is -0.0851 e. The van der Waals surface area contributed by atoms with Crippen LogP contribution >= 0.6 is 0 Å². The summed E-state index contributed by atoms with van der Waals surface area (Å²) in [5, 5.41) is 0. The van der Waals surface area contributed by atoms with Crippen molar-refractivity contribution in [2.45, 2.75) is 84.5 Å². The number of hydrogen-bond acceptors (Lipinski definition) is 0. The van der Waals surface area contributed by atoms with E-state index in [9.17, 15) is 0 Å². The zero-order valence-electron chi connectivity index (χ0n) is 16.6. The van der Waals surface area contributed by atoms with Gasteiger partial charge in [-0.25, -0.2) is 0 Å². The molecule has 2 aliphatic carbocycles. The minimum atomic E-state index is 0.872. The van der Waals surface area contributed by atoms with Gasteiger partial charge < -0.3 is 0 Å². The van der Waals surface area contributed by atoms with E-state index in [1.807, 2.05) is 0 Å². The lowest BCUT2D eigenvalue weighted by Crippen LogP contribution is -2.23. The number of benzene rings is 1. The highest BCUT2D eigenvalue weighted by Gasteiger charge is 2.27. The quantitative estimate of drug-likeness (QED) is 0.455. The molecule has 1 aromatic rings. The van der Waals surface area contributed by atoms with Crippen molar-refractivity contribution in [3.8, 4) is 0 Å². The van der Waals surface area contributed by atoms with E-state index in [4.69, 9.17) is 0 Å². The van der Waals surface area contributed by atoms with E-state index >= 15 is 0 Å². The van der Waals surface area contributed by atoms with Crippen molar-refractivity contribution in [2.75, 3.05) is 0 Å². The van der Waals surface area contributed by atoms with Crippen LogP contribution in [0, 0.1) is 23.7 Å². The molecule has 2 unspecified atom stereocenters. The van der Waals surface area contributed by atoms with Crippen molar-refractivity contribution in [3.05, 3.63) is 47.5 Å². The number of hydrogen-bond donors (Lipinski definition) is 0. The largest absolute Gasteiger partial charge is 0.0851 e. The Kier molecular flexibility index (Phi) is 7.20. The van der Waals surface area contributed by atoms with Gasteiger partial charge in [0.15, 0.2) is 0 Å². The van der Waals surface area contributed by atoms with Gasteiger partial charge in [0.25, 0.3) is 0 Å². The first-order valence-corrected chi connectivity index (χ1v) is 11.0. The van der Waals surface area contributed by atoms with Crippen molar-refractivity contribution in [1.29, 1.82) is 0 Å². The molecule has 0 aliphatic heterocycles. The van der Waals surface area contributed by atoms with E-state index in [0.29, 0.717) is 0 Å². The fourth-order valence-electron chi connectivity index (χ4n) is 5.07. The maximum atomic E-state index is 2.58. The third-order valence-corrected chi connectivity index (χ3v) is 6.93. The zero-order chi connectivity index (χ0) is 17.5. The molecule has 138 valence electrons. The summed E-state index contributed by atoms with van der Waals surface area (Å²) >= 11 is 0. The Morgan fingerprint density at radius 2 is 1.44 bits per heavy atom. The maximum absolute atomic E-state index is 2.58. The van der Waals surface area contributed by atoms with Gasteiger partial charge in [0.1, 0.15) is 0 Å². The van der Waals surface area contributed by atoms with Gasteiger partial charge in [-0.15, -0.1) is 0 Å².